The minimum absolute atomic E-state index is 0.0264. The molecule has 1 aromatic carbocycles. The van der Waals surface area contributed by atoms with E-state index in [-0.39, 0.29) is 23.3 Å². The number of aliphatic hydroxyl groups is 3. The number of nitrogens with two attached hydrogens (primary N) is 1. The molecule has 9 nitrogen and oxygen atoms in total. The van der Waals surface area contributed by atoms with Gasteiger partial charge in [0.05, 0.1) is 11.3 Å². The van der Waals surface area contributed by atoms with Crippen molar-refractivity contribution in [3.63, 3.8) is 0 Å². The Bertz CT molecular complexity index is 1210. The number of ether oxygens (including phenoxy) is 1. The molecule has 1 aromatic rings. The fourth-order valence-electron chi connectivity index (χ4n) is 5.63. The lowest BCUT2D eigenvalue weighted by Gasteiger charge is -2.53. The van der Waals surface area contributed by atoms with Gasteiger partial charge in [0.15, 0.2) is 11.4 Å². The van der Waals surface area contributed by atoms with E-state index in [1.54, 1.807) is 18.2 Å². The number of amides is 1. The molecule has 0 aromatic heterocycles. The van der Waals surface area contributed by atoms with Gasteiger partial charge < -0.3 is 30.9 Å². The van der Waals surface area contributed by atoms with Gasteiger partial charge in [-0.1, -0.05) is 19.1 Å². The van der Waals surface area contributed by atoms with Crippen LogP contribution in [0.1, 0.15) is 41.6 Å². The average molecular weight is 439 g/mol. The summed E-state index contributed by atoms with van der Waals surface area (Å²) < 4.78 is 6.08. The first-order valence-corrected chi connectivity index (χ1v) is 10.3. The Morgan fingerprint density at radius 3 is 2.62 bits per heavy atom. The number of primary amides is 1. The van der Waals surface area contributed by atoms with E-state index in [9.17, 15) is 34.8 Å². The largest absolute Gasteiger partial charge is 0.511 e. The fraction of sp³-hybridized carbons (Fsp3) is 0.348. The van der Waals surface area contributed by atoms with Gasteiger partial charge in [0.2, 0.25) is 5.78 Å². The molecule has 0 radical (unpaired) electrons. The van der Waals surface area contributed by atoms with Crippen LogP contribution in [0.25, 0.3) is 0 Å². The highest BCUT2D eigenvalue weighted by Gasteiger charge is 2.66. The van der Waals surface area contributed by atoms with E-state index in [1.165, 1.54) is 6.07 Å². The molecule has 1 amide bonds. The maximum atomic E-state index is 13.4. The van der Waals surface area contributed by atoms with Crippen LogP contribution in [0.3, 0.4) is 0 Å². The fourth-order valence-corrected chi connectivity index (χ4v) is 5.63. The molecule has 5 rings (SSSR count). The van der Waals surface area contributed by atoms with Crippen LogP contribution in [0, 0.1) is 11.8 Å². The lowest BCUT2D eigenvalue weighted by atomic mass is 9.55. The molecule has 0 spiro atoms. The Morgan fingerprint density at radius 1 is 1.25 bits per heavy atom. The summed E-state index contributed by atoms with van der Waals surface area (Å²) in [6.45, 7) is 1.85. The average Bonchev–Trinajstić information content (AvgIpc) is 2.74. The van der Waals surface area contributed by atoms with E-state index in [1.807, 2.05) is 6.92 Å². The van der Waals surface area contributed by atoms with Crippen LogP contribution in [0.4, 0.5) is 0 Å². The van der Waals surface area contributed by atoms with E-state index < -0.39 is 64.0 Å². The third kappa shape index (κ3) is 2.28. The molecule has 1 aliphatic heterocycles. The highest BCUT2D eigenvalue weighted by atomic mass is 16.5. The van der Waals surface area contributed by atoms with Crippen LogP contribution in [0.15, 0.2) is 52.7 Å². The summed E-state index contributed by atoms with van der Waals surface area (Å²) in [7, 11) is 0. The first-order chi connectivity index (χ1) is 15.1. The zero-order chi connectivity index (χ0) is 23.1. The number of phenolic OH excluding ortho intramolecular Hbond substituents is 1. The Hall–Kier alpha value is -3.59. The molecule has 0 saturated heterocycles. The first-order valence-electron chi connectivity index (χ1n) is 10.3. The molecule has 32 heavy (non-hydrogen) atoms. The van der Waals surface area contributed by atoms with Crippen molar-refractivity contribution in [1.82, 2.24) is 0 Å². The molecule has 0 bridgehead atoms. The van der Waals surface area contributed by atoms with Crippen LogP contribution in [0.2, 0.25) is 0 Å². The number of benzene rings is 1. The van der Waals surface area contributed by atoms with Crippen molar-refractivity contribution in [3.05, 3.63) is 63.8 Å². The van der Waals surface area contributed by atoms with Gasteiger partial charge in [0.1, 0.15) is 28.9 Å². The van der Waals surface area contributed by atoms with Crippen LogP contribution in [-0.2, 0) is 14.3 Å². The summed E-state index contributed by atoms with van der Waals surface area (Å²) in [6, 6.07) is 4.65. The number of allylic oxidation sites excluding steroid dienone is 3. The monoisotopic (exact) mass is 439 g/mol. The van der Waals surface area contributed by atoms with Crippen molar-refractivity contribution in [1.29, 1.82) is 0 Å². The van der Waals surface area contributed by atoms with Crippen molar-refractivity contribution >= 4 is 17.5 Å². The summed E-state index contributed by atoms with van der Waals surface area (Å²) in [5.41, 5.74) is 1.99. The van der Waals surface area contributed by atoms with E-state index in [0.29, 0.717) is 17.7 Å². The number of phenols is 1. The second kappa shape index (κ2) is 6.46. The molecule has 0 saturated carbocycles. The molecule has 9 heteroatoms. The standard InChI is InChI=1S/C23H21NO8/c1-2-8-6-10-9-4-3-5-12(25)14(9)18(27)17-15(10)19(32-8)11-7-13(26)16(22(24)30)20(28)23(11,31)21(17)29/h3-6,10-11,15,19,25-26,29,31H,2,7H2,1H3,(H2,24,30)/t10-,11+,15+,19+,23+/m0/s1. The van der Waals surface area contributed by atoms with Gasteiger partial charge in [-0.15, -0.1) is 0 Å². The summed E-state index contributed by atoms with van der Waals surface area (Å²) >= 11 is 0. The Labute approximate surface area is 182 Å². The number of hydrogen-bond acceptors (Lipinski definition) is 8. The van der Waals surface area contributed by atoms with Crippen molar-refractivity contribution < 1.29 is 39.5 Å². The SMILES string of the molecule is CCC1=C[C@H]2c3cccc(O)c3C(=O)C3=C(O)[C@]4(O)C(=O)C(C(N)=O)=C(O)C[C@@H]4[C@@H](O1)[C@@H]32. The molecule has 6 N–H and O–H groups in total. The van der Waals surface area contributed by atoms with E-state index in [2.05, 4.69) is 0 Å². The topological polar surface area (TPSA) is 167 Å². The van der Waals surface area contributed by atoms with E-state index >= 15 is 0 Å². The number of aliphatic hydroxyl groups excluding tert-OH is 2. The van der Waals surface area contributed by atoms with Crippen LogP contribution in [-0.4, -0.2) is 49.6 Å². The quantitative estimate of drug-likeness (QED) is 0.431. The second-order valence-electron chi connectivity index (χ2n) is 8.55. The Balaban J connectivity index is 1.83. The maximum Gasteiger partial charge on any atom is 0.255 e. The van der Waals surface area contributed by atoms with Crippen molar-refractivity contribution in [2.24, 2.45) is 17.6 Å². The van der Waals surface area contributed by atoms with Crippen molar-refractivity contribution in [2.75, 3.05) is 0 Å². The van der Waals surface area contributed by atoms with Gasteiger partial charge >= 0.3 is 0 Å². The van der Waals surface area contributed by atoms with Gasteiger partial charge in [-0.05, 0) is 17.7 Å². The third-order valence-corrected chi connectivity index (χ3v) is 7.05. The molecule has 0 unspecified atom stereocenters. The summed E-state index contributed by atoms with van der Waals surface area (Å²) in [5, 5.41) is 43.4. The van der Waals surface area contributed by atoms with Crippen LogP contribution >= 0.6 is 0 Å². The predicted molar refractivity (Wildman–Crippen MR) is 108 cm³/mol. The molecule has 5 atom stereocenters. The number of carbonyl (C=O) groups is 3. The number of hydrogen-bond donors (Lipinski definition) is 5. The maximum absolute atomic E-state index is 13.4. The van der Waals surface area contributed by atoms with Gasteiger partial charge in [0, 0.05) is 36.2 Å². The van der Waals surface area contributed by atoms with E-state index in [0.717, 1.165) is 0 Å². The number of Topliss-reactive ketones (excluding diaryl/α,β-unsaturated/α-hetero) is 2. The van der Waals surface area contributed by atoms with Gasteiger partial charge in [-0.3, -0.25) is 14.4 Å². The predicted octanol–water partition coefficient (Wildman–Crippen LogP) is 1.42. The lowest BCUT2D eigenvalue weighted by molar-refractivity contribution is -0.157. The van der Waals surface area contributed by atoms with Gasteiger partial charge in [-0.25, -0.2) is 0 Å². The van der Waals surface area contributed by atoms with Crippen LogP contribution < -0.4 is 5.73 Å². The molecule has 166 valence electrons. The zero-order valence-corrected chi connectivity index (χ0v) is 17.0. The summed E-state index contributed by atoms with van der Waals surface area (Å²) in [6.07, 6.45) is 0.957. The Kier molecular flexibility index (Phi) is 4.10. The number of fused-ring (bicyclic) bond motifs is 4. The number of ketones is 2. The minimum Gasteiger partial charge on any atom is -0.511 e. The van der Waals surface area contributed by atoms with E-state index in [4.69, 9.17) is 10.5 Å². The number of rotatable bonds is 2. The molecule has 3 aliphatic carbocycles. The number of aromatic hydroxyl groups is 1. The minimum atomic E-state index is -2.69. The van der Waals surface area contributed by atoms with Gasteiger partial charge in [-0.2, -0.15) is 0 Å². The lowest BCUT2D eigenvalue weighted by Crippen LogP contribution is -2.63. The van der Waals surface area contributed by atoms with Crippen LogP contribution in [0.5, 0.6) is 5.75 Å². The van der Waals surface area contributed by atoms with Gasteiger partial charge in [0.25, 0.3) is 5.91 Å². The summed E-state index contributed by atoms with van der Waals surface area (Å²) in [4.78, 5) is 38.4. The molecule has 1 heterocycles. The molecular formula is C23H21NO8. The van der Waals surface area contributed by atoms with Crippen molar-refractivity contribution in [2.45, 2.75) is 37.4 Å². The molecule has 4 aliphatic rings. The smallest absolute Gasteiger partial charge is 0.255 e. The van der Waals surface area contributed by atoms with Crippen molar-refractivity contribution in [3.8, 4) is 5.75 Å². The highest BCUT2D eigenvalue weighted by Crippen LogP contribution is 2.58. The normalized spacial score (nSPS) is 33.1. The molecular weight excluding hydrogens is 418 g/mol. The number of carbonyl (C=O) groups excluding carboxylic acids is 3. The highest BCUT2D eigenvalue weighted by molar-refractivity contribution is 6.24. The zero-order valence-electron chi connectivity index (χ0n) is 17.0. The summed E-state index contributed by atoms with van der Waals surface area (Å²) in [5.74, 6) is -6.95. The Morgan fingerprint density at radius 2 is 1.97 bits per heavy atom. The third-order valence-electron chi connectivity index (χ3n) is 7.05. The first kappa shape index (κ1) is 20.3. The molecule has 0 fully saturated rings. The second-order valence-corrected chi connectivity index (χ2v) is 8.55.